The number of piperazine rings is 1. The Labute approximate surface area is 167 Å². The molecule has 1 N–H and O–H groups in total. The van der Waals surface area contributed by atoms with Crippen LogP contribution in [0.4, 0.5) is 10.2 Å². The zero-order chi connectivity index (χ0) is 20.5. The summed E-state index contributed by atoms with van der Waals surface area (Å²) in [5.41, 5.74) is 1.61. The van der Waals surface area contributed by atoms with E-state index in [9.17, 15) is 14.0 Å². The summed E-state index contributed by atoms with van der Waals surface area (Å²) in [6, 6.07) is 14.1. The summed E-state index contributed by atoms with van der Waals surface area (Å²) in [5.74, 6) is -0.398. The highest BCUT2D eigenvalue weighted by molar-refractivity contribution is 6.08. The van der Waals surface area contributed by atoms with Crippen molar-refractivity contribution in [3.8, 4) is 0 Å². The molecule has 3 aromatic rings. The Hall–Kier alpha value is -3.48. The van der Waals surface area contributed by atoms with E-state index in [1.807, 2.05) is 43.3 Å². The Balaban J connectivity index is 1.83. The highest BCUT2D eigenvalue weighted by atomic mass is 19.1. The molecule has 1 saturated heterocycles. The van der Waals surface area contributed by atoms with Crippen LogP contribution in [-0.4, -0.2) is 48.9 Å². The topological polar surface area (TPSA) is 65.5 Å². The zero-order valence-corrected chi connectivity index (χ0v) is 16.2. The number of fused-ring (bicyclic) bond motifs is 1. The average Bonchev–Trinajstić information content (AvgIpc) is 2.72. The number of benzene rings is 2. The van der Waals surface area contributed by atoms with Crippen molar-refractivity contribution in [3.05, 3.63) is 71.5 Å². The average molecular weight is 392 g/mol. The number of nitrogens with one attached hydrogen (secondary N) is 1. The van der Waals surface area contributed by atoms with E-state index in [-0.39, 0.29) is 11.8 Å². The van der Waals surface area contributed by atoms with Crippen molar-refractivity contribution < 1.29 is 14.0 Å². The first-order chi connectivity index (χ1) is 14.0. The number of amides is 2. The van der Waals surface area contributed by atoms with Crippen molar-refractivity contribution in [1.29, 1.82) is 0 Å². The van der Waals surface area contributed by atoms with Gasteiger partial charge in [-0.2, -0.15) is 0 Å². The molecule has 0 aliphatic carbocycles. The molecule has 1 fully saturated rings. The minimum Gasteiger partial charge on any atom is -0.363 e. The van der Waals surface area contributed by atoms with Gasteiger partial charge < -0.3 is 15.1 Å². The molecule has 6 nitrogen and oxygen atoms in total. The van der Waals surface area contributed by atoms with Crippen LogP contribution in [0.2, 0.25) is 0 Å². The minimum atomic E-state index is -0.887. The molecule has 148 valence electrons. The molecule has 7 heteroatoms. The number of hydrogen-bond acceptors (Lipinski definition) is 4. The van der Waals surface area contributed by atoms with Crippen LogP contribution in [0, 0.1) is 5.82 Å². The molecule has 4 rings (SSSR count). The summed E-state index contributed by atoms with van der Waals surface area (Å²) in [4.78, 5) is 34.2. The molecule has 29 heavy (non-hydrogen) atoms. The molecule has 0 bridgehead atoms. The van der Waals surface area contributed by atoms with Crippen LogP contribution in [0.15, 0.2) is 54.6 Å². The molecule has 1 atom stereocenters. The van der Waals surface area contributed by atoms with Gasteiger partial charge in [0.25, 0.3) is 5.91 Å². The van der Waals surface area contributed by atoms with Gasteiger partial charge in [-0.05, 0) is 29.8 Å². The Morgan fingerprint density at radius 2 is 1.97 bits per heavy atom. The van der Waals surface area contributed by atoms with Crippen molar-refractivity contribution in [2.75, 3.05) is 32.1 Å². The van der Waals surface area contributed by atoms with Gasteiger partial charge in [0.2, 0.25) is 5.91 Å². The summed E-state index contributed by atoms with van der Waals surface area (Å²) in [7, 11) is 3.71. The predicted octanol–water partition coefficient (Wildman–Crippen LogP) is 2.75. The van der Waals surface area contributed by atoms with Crippen LogP contribution in [0.1, 0.15) is 22.0 Å². The second-order valence-electron chi connectivity index (χ2n) is 7.19. The normalized spacial score (nSPS) is 16.6. The summed E-state index contributed by atoms with van der Waals surface area (Å²) in [6.45, 7) is 0.680. The first-order valence-electron chi connectivity index (χ1n) is 9.37. The van der Waals surface area contributed by atoms with E-state index in [1.54, 1.807) is 18.2 Å². The van der Waals surface area contributed by atoms with Crippen molar-refractivity contribution in [2.45, 2.75) is 6.04 Å². The van der Waals surface area contributed by atoms with Crippen molar-refractivity contribution in [3.63, 3.8) is 0 Å². The monoisotopic (exact) mass is 392 g/mol. The molecule has 2 heterocycles. The minimum absolute atomic E-state index is 0.282. The summed E-state index contributed by atoms with van der Waals surface area (Å²) in [5, 5.41) is 3.49. The molecule has 0 radical (unpaired) electrons. The molecule has 1 aromatic heterocycles. The molecule has 1 aliphatic rings. The molecule has 1 unspecified atom stereocenters. The highest BCUT2D eigenvalue weighted by Gasteiger charge is 2.35. The zero-order valence-electron chi connectivity index (χ0n) is 16.2. The molecular weight excluding hydrogens is 371 g/mol. The standard InChI is InChI=1S/C22H21FN4O2/c1-26(2)19-13-17(16-8-3-4-9-18(16)25-19)22(29)27-11-10-24-21(28)20(27)14-6-5-7-15(23)12-14/h3-9,12-13,20H,10-11H2,1-2H3,(H,24,28). The fourth-order valence-corrected chi connectivity index (χ4v) is 3.62. The fraction of sp³-hybridized carbons (Fsp3) is 0.227. The van der Waals surface area contributed by atoms with Crippen molar-refractivity contribution in [2.24, 2.45) is 0 Å². The number of carbonyl (C=O) groups is 2. The molecule has 1 aliphatic heterocycles. The summed E-state index contributed by atoms with van der Waals surface area (Å²) < 4.78 is 13.8. The maximum Gasteiger partial charge on any atom is 0.255 e. The van der Waals surface area contributed by atoms with Gasteiger partial charge in [0.1, 0.15) is 17.7 Å². The molecule has 2 aromatic carbocycles. The number of pyridine rings is 1. The number of anilines is 1. The van der Waals surface area contributed by atoms with Gasteiger partial charge in [0, 0.05) is 32.6 Å². The number of nitrogens with zero attached hydrogens (tertiary/aromatic N) is 3. The van der Waals surface area contributed by atoms with Crippen LogP contribution < -0.4 is 10.2 Å². The summed E-state index contributed by atoms with van der Waals surface area (Å²) in [6.07, 6.45) is 0. The Morgan fingerprint density at radius 3 is 2.72 bits per heavy atom. The van der Waals surface area contributed by atoms with E-state index < -0.39 is 11.9 Å². The quantitative estimate of drug-likeness (QED) is 0.744. The molecule has 0 spiro atoms. The van der Waals surface area contributed by atoms with Crippen LogP contribution in [0.25, 0.3) is 10.9 Å². The van der Waals surface area contributed by atoms with E-state index in [0.29, 0.717) is 40.9 Å². The van der Waals surface area contributed by atoms with Gasteiger partial charge in [0.05, 0.1) is 11.1 Å². The Kier molecular flexibility index (Phi) is 4.88. The third-order valence-electron chi connectivity index (χ3n) is 5.03. The molecular formula is C22H21FN4O2. The Morgan fingerprint density at radius 1 is 1.17 bits per heavy atom. The first-order valence-corrected chi connectivity index (χ1v) is 9.37. The van der Waals surface area contributed by atoms with Crippen molar-refractivity contribution >= 4 is 28.5 Å². The number of halogens is 1. The van der Waals surface area contributed by atoms with Crippen LogP contribution >= 0.6 is 0 Å². The van der Waals surface area contributed by atoms with Crippen LogP contribution in [0.5, 0.6) is 0 Å². The number of rotatable bonds is 3. The van der Waals surface area contributed by atoms with Gasteiger partial charge in [-0.25, -0.2) is 9.37 Å². The van der Waals surface area contributed by atoms with Gasteiger partial charge >= 0.3 is 0 Å². The third kappa shape index (κ3) is 3.51. The predicted molar refractivity (Wildman–Crippen MR) is 109 cm³/mol. The van der Waals surface area contributed by atoms with Gasteiger partial charge in [0.15, 0.2) is 0 Å². The van der Waals surface area contributed by atoms with E-state index in [1.165, 1.54) is 17.0 Å². The second kappa shape index (κ2) is 7.50. The Bertz CT molecular complexity index is 1100. The fourth-order valence-electron chi connectivity index (χ4n) is 3.62. The highest BCUT2D eigenvalue weighted by Crippen LogP contribution is 2.29. The van der Waals surface area contributed by atoms with E-state index in [0.717, 1.165) is 0 Å². The number of hydrogen-bond donors (Lipinski definition) is 1. The van der Waals surface area contributed by atoms with Crippen LogP contribution in [-0.2, 0) is 4.79 Å². The summed E-state index contributed by atoms with van der Waals surface area (Å²) >= 11 is 0. The van der Waals surface area contributed by atoms with E-state index >= 15 is 0 Å². The largest absolute Gasteiger partial charge is 0.363 e. The van der Waals surface area contributed by atoms with Gasteiger partial charge in [-0.15, -0.1) is 0 Å². The SMILES string of the molecule is CN(C)c1cc(C(=O)N2CCNC(=O)C2c2cccc(F)c2)c2ccccc2n1. The third-order valence-corrected chi connectivity index (χ3v) is 5.03. The van der Waals surface area contributed by atoms with E-state index in [4.69, 9.17) is 0 Å². The van der Waals surface area contributed by atoms with Gasteiger partial charge in [-0.1, -0.05) is 30.3 Å². The first kappa shape index (κ1) is 18.9. The second-order valence-corrected chi connectivity index (χ2v) is 7.19. The lowest BCUT2D eigenvalue weighted by atomic mass is 10.00. The maximum absolute atomic E-state index is 13.8. The number of carbonyl (C=O) groups excluding carboxylic acids is 2. The lowest BCUT2D eigenvalue weighted by molar-refractivity contribution is -0.128. The number of aromatic nitrogens is 1. The maximum atomic E-state index is 13.8. The number of para-hydroxylation sites is 1. The molecule has 2 amide bonds. The molecule has 0 saturated carbocycles. The van der Waals surface area contributed by atoms with E-state index in [2.05, 4.69) is 10.3 Å². The van der Waals surface area contributed by atoms with Crippen LogP contribution in [0.3, 0.4) is 0 Å². The van der Waals surface area contributed by atoms with Crippen molar-refractivity contribution in [1.82, 2.24) is 15.2 Å². The van der Waals surface area contributed by atoms with Gasteiger partial charge in [-0.3, -0.25) is 9.59 Å². The lowest BCUT2D eigenvalue weighted by Crippen LogP contribution is -2.52. The lowest BCUT2D eigenvalue weighted by Gasteiger charge is -2.35. The smallest absolute Gasteiger partial charge is 0.255 e.